The summed E-state index contributed by atoms with van der Waals surface area (Å²) in [5.41, 5.74) is 0. The molecule has 2 fully saturated rings. The fourth-order valence-electron chi connectivity index (χ4n) is 3.30. The number of hydrogen-bond donors (Lipinski definition) is 1. The van der Waals surface area contributed by atoms with Crippen LogP contribution in [-0.4, -0.2) is 35.8 Å². The van der Waals surface area contributed by atoms with Crippen molar-refractivity contribution < 1.29 is 9.59 Å². The molecule has 0 aromatic carbocycles. The highest BCUT2D eigenvalue weighted by Crippen LogP contribution is 2.30. The van der Waals surface area contributed by atoms with E-state index in [9.17, 15) is 9.59 Å². The third kappa shape index (κ3) is 3.48. The van der Waals surface area contributed by atoms with Crippen LogP contribution in [-0.2, 0) is 9.59 Å². The molecule has 3 unspecified atom stereocenters. The van der Waals surface area contributed by atoms with Crippen LogP contribution in [0.5, 0.6) is 0 Å². The quantitative estimate of drug-likeness (QED) is 0.848. The van der Waals surface area contributed by atoms with Crippen molar-refractivity contribution >= 4 is 11.8 Å². The molecule has 1 heterocycles. The van der Waals surface area contributed by atoms with Crippen LogP contribution in [0.25, 0.3) is 0 Å². The number of nitrogens with zero attached hydrogens (tertiary/aromatic N) is 1. The van der Waals surface area contributed by atoms with Crippen LogP contribution in [0.1, 0.15) is 52.4 Å². The molecular formula is C15H26N2O2. The molecule has 1 aliphatic heterocycles. The van der Waals surface area contributed by atoms with E-state index in [1.165, 1.54) is 25.7 Å². The van der Waals surface area contributed by atoms with E-state index in [2.05, 4.69) is 12.2 Å². The highest BCUT2D eigenvalue weighted by atomic mass is 16.2. The molecule has 108 valence electrons. The molecule has 2 rings (SSSR count). The van der Waals surface area contributed by atoms with Gasteiger partial charge in [-0.1, -0.05) is 33.1 Å². The van der Waals surface area contributed by atoms with E-state index in [4.69, 9.17) is 0 Å². The van der Waals surface area contributed by atoms with Crippen LogP contribution in [0.15, 0.2) is 0 Å². The van der Waals surface area contributed by atoms with Crippen LogP contribution in [0, 0.1) is 11.8 Å². The predicted molar refractivity (Wildman–Crippen MR) is 74.5 cm³/mol. The van der Waals surface area contributed by atoms with Gasteiger partial charge >= 0.3 is 0 Å². The van der Waals surface area contributed by atoms with Gasteiger partial charge < -0.3 is 10.2 Å². The van der Waals surface area contributed by atoms with Crippen LogP contribution in [0.3, 0.4) is 0 Å². The van der Waals surface area contributed by atoms with Gasteiger partial charge in [-0.3, -0.25) is 9.59 Å². The fraction of sp³-hybridized carbons (Fsp3) is 0.867. The second kappa shape index (κ2) is 6.40. The van der Waals surface area contributed by atoms with Crippen molar-refractivity contribution in [2.24, 2.45) is 11.8 Å². The number of amides is 2. The monoisotopic (exact) mass is 266 g/mol. The summed E-state index contributed by atoms with van der Waals surface area (Å²) >= 11 is 0. The summed E-state index contributed by atoms with van der Waals surface area (Å²) in [6.45, 7) is 5.68. The van der Waals surface area contributed by atoms with Gasteiger partial charge in [-0.15, -0.1) is 0 Å². The molecule has 1 saturated heterocycles. The second-order valence-electron chi connectivity index (χ2n) is 6.08. The van der Waals surface area contributed by atoms with Crippen molar-refractivity contribution in [1.82, 2.24) is 10.2 Å². The summed E-state index contributed by atoms with van der Waals surface area (Å²) in [6, 6.07) is -0.311. The molecule has 1 N–H and O–H groups in total. The zero-order valence-electron chi connectivity index (χ0n) is 12.2. The molecule has 0 aromatic heterocycles. The normalized spacial score (nSPS) is 32.9. The molecule has 3 atom stereocenters. The predicted octanol–water partition coefficient (Wildman–Crippen LogP) is 1.94. The number of carbonyl (C=O) groups is 2. The van der Waals surface area contributed by atoms with Gasteiger partial charge in [0.25, 0.3) is 0 Å². The molecule has 4 nitrogen and oxygen atoms in total. The molecule has 2 amide bonds. The number of hydrogen-bond acceptors (Lipinski definition) is 2. The van der Waals surface area contributed by atoms with Gasteiger partial charge in [-0.05, 0) is 24.7 Å². The van der Waals surface area contributed by atoms with Gasteiger partial charge in [0.1, 0.15) is 6.04 Å². The molecule has 0 bridgehead atoms. The fourth-order valence-corrected chi connectivity index (χ4v) is 3.30. The highest BCUT2D eigenvalue weighted by molar-refractivity contribution is 5.89. The Kier molecular flexibility index (Phi) is 4.83. The Bertz CT molecular complexity index is 343. The van der Waals surface area contributed by atoms with Gasteiger partial charge in [-0.2, -0.15) is 0 Å². The molecule has 0 radical (unpaired) electrons. The summed E-state index contributed by atoms with van der Waals surface area (Å²) in [4.78, 5) is 26.0. The number of rotatable bonds is 3. The third-order valence-electron chi connectivity index (χ3n) is 4.71. The lowest BCUT2D eigenvalue weighted by Crippen LogP contribution is -2.46. The van der Waals surface area contributed by atoms with Crippen LogP contribution in [0.4, 0.5) is 0 Å². The molecule has 19 heavy (non-hydrogen) atoms. The summed E-state index contributed by atoms with van der Waals surface area (Å²) < 4.78 is 0. The third-order valence-corrected chi connectivity index (χ3v) is 4.71. The first-order valence-corrected chi connectivity index (χ1v) is 7.70. The van der Waals surface area contributed by atoms with E-state index in [1.807, 2.05) is 11.8 Å². The highest BCUT2D eigenvalue weighted by Gasteiger charge is 2.31. The Morgan fingerprint density at radius 1 is 1.26 bits per heavy atom. The van der Waals surface area contributed by atoms with E-state index in [1.54, 1.807) is 0 Å². The topological polar surface area (TPSA) is 49.4 Å². The van der Waals surface area contributed by atoms with Crippen molar-refractivity contribution in [3.8, 4) is 0 Å². The van der Waals surface area contributed by atoms with E-state index in [0.29, 0.717) is 31.2 Å². The van der Waals surface area contributed by atoms with Crippen LogP contribution < -0.4 is 5.32 Å². The Morgan fingerprint density at radius 2 is 2.00 bits per heavy atom. The van der Waals surface area contributed by atoms with Crippen molar-refractivity contribution in [2.45, 2.75) is 58.4 Å². The maximum atomic E-state index is 12.4. The van der Waals surface area contributed by atoms with Crippen molar-refractivity contribution in [1.29, 1.82) is 0 Å². The van der Waals surface area contributed by atoms with Gasteiger partial charge in [0.05, 0.1) is 0 Å². The summed E-state index contributed by atoms with van der Waals surface area (Å²) in [5, 5.41) is 2.83. The maximum Gasteiger partial charge on any atom is 0.245 e. The lowest BCUT2D eigenvalue weighted by molar-refractivity contribution is -0.134. The van der Waals surface area contributed by atoms with Crippen LogP contribution >= 0.6 is 0 Å². The lowest BCUT2D eigenvalue weighted by Gasteiger charge is -2.34. The van der Waals surface area contributed by atoms with E-state index >= 15 is 0 Å². The van der Waals surface area contributed by atoms with Crippen molar-refractivity contribution in [3.05, 3.63) is 0 Å². The van der Waals surface area contributed by atoms with Crippen molar-refractivity contribution in [2.75, 3.05) is 13.1 Å². The molecule has 0 aromatic rings. The molecular weight excluding hydrogens is 240 g/mol. The maximum absolute atomic E-state index is 12.4. The Hall–Kier alpha value is -1.06. The smallest absolute Gasteiger partial charge is 0.245 e. The first kappa shape index (κ1) is 14.4. The van der Waals surface area contributed by atoms with E-state index in [0.717, 1.165) is 6.54 Å². The Balaban J connectivity index is 2.00. The molecule has 2 aliphatic rings. The largest absolute Gasteiger partial charge is 0.344 e. The second-order valence-corrected chi connectivity index (χ2v) is 6.08. The first-order chi connectivity index (χ1) is 9.11. The van der Waals surface area contributed by atoms with Gasteiger partial charge in [0.15, 0.2) is 0 Å². The first-order valence-electron chi connectivity index (χ1n) is 7.70. The minimum absolute atomic E-state index is 0.0133. The zero-order chi connectivity index (χ0) is 13.8. The zero-order valence-corrected chi connectivity index (χ0v) is 12.2. The standard InChI is InChI=1S/C15H26N2O2/c1-3-13-15(19)17(9-8-14(18)16-13)10-12-7-5-4-6-11(12)2/h11-13H,3-10H2,1-2H3,(H,16,18). The average molecular weight is 266 g/mol. The molecule has 1 aliphatic carbocycles. The summed E-state index contributed by atoms with van der Waals surface area (Å²) in [6.07, 6.45) is 6.24. The van der Waals surface area contributed by atoms with Crippen LogP contribution in [0.2, 0.25) is 0 Å². The Morgan fingerprint density at radius 3 is 2.68 bits per heavy atom. The van der Waals surface area contributed by atoms with E-state index in [-0.39, 0.29) is 17.9 Å². The molecule has 0 spiro atoms. The minimum Gasteiger partial charge on any atom is -0.344 e. The van der Waals surface area contributed by atoms with E-state index < -0.39 is 0 Å². The molecule has 4 heteroatoms. The minimum atomic E-state index is -0.311. The average Bonchev–Trinajstić information content (AvgIpc) is 2.54. The van der Waals surface area contributed by atoms with Gasteiger partial charge in [0.2, 0.25) is 11.8 Å². The lowest BCUT2D eigenvalue weighted by atomic mass is 9.80. The SMILES string of the molecule is CCC1NC(=O)CCN(CC2CCCCC2C)C1=O. The number of carbonyl (C=O) groups excluding carboxylic acids is 2. The Labute approximate surface area is 115 Å². The summed E-state index contributed by atoms with van der Waals surface area (Å²) in [5.74, 6) is 1.45. The van der Waals surface area contributed by atoms with Gasteiger partial charge in [-0.25, -0.2) is 0 Å². The molecule has 1 saturated carbocycles. The van der Waals surface area contributed by atoms with Crippen molar-refractivity contribution in [3.63, 3.8) is 0 Å². The summed E-state index contributed by atoms with van der Waals surface area (Å²) in [7, 11) is 0. The number of nitrogens with one attached hydrogen (secondary N) is 1. The van der Waals surface area contributed by atoms with Gasteiger partial charge in [0, 0.05) is 19.5 Å².